The summed E-state index contributed by atoms with van der Waals surface area (Å²) < 4.78 is 4.59. The standard InChI is InChI=1S/C6H12N4O2/c1-2-12-6(11)8-4-3-5-9-10-7/h2-5H2,1H3,(H,8,11). The van der Waals surface area contributed by atoms with E-state index in [4.69, 9.17) is 5.53 Å². The van der Waals surface area contributed by atoms with E-state index in [9.17, 15) is 4.79 Å². The summed E-state index contributed by atoms with van der Waals surface area (Å²) in [6.07, 6.45) is 0.196. The lowest BCUT2D eigenvalue weighted by atomic mass is 10.4. The van der Waals surface area contributed by atoms with Crippen LogP contribution in [0.1, 0.15) is 13.3 Å². The van der Waals surface area contributed by atoms with Crippen LogP contribution in [0.25, 0.3) is 10.4 Å². The molecule has 0 radical (unpaired) electrons. The molecule has 0 bridgehead atoms. The number of nitrogens with one attached hydrogen (secondary N) is 1. The zero-order chi connectivity index (χ0) is 9.23. The first-order chi connectivity index (χ1) is 5.81. The number of carbonyl (C=O) groups excluding carboxylic acids is 1. The van der Waals surface area contributed by atoms with Crippen LogP contribution in [0.2, 0.25) is 0 Å². The molecule has 0 atom stereocenters. The Bertz CT molecular complexity index is 176. The molecule has 0 rings (SSSR count). The van der Waals surface area contributed by atoms with Gasteiger partial charge in [0, 0.05) is 18.0 Å². The van der Waals surface area contributed by atoms with Gasteiger partial charge in [0.05, 0.1) is 6.61 Å². The van der Waals surface area contributed by atoms with Crippen molar-refractivity contribution < 1.29 is 9.53 Å². The van der Waals surface area contributed by atoms with Gasteiger partial charge in [-0.1, -0.05) is 5.11 Å². The molecule has 0 aliphatic carbocycles. The summed E-state index contributed by atoms with van der Waals surface area (Å²) in [5, 5.41) is 5.80. The first-order valence-corrected chi connectivity index (χ1v) is 3.72. The lowest BCUT2D eigenvalue weighted by Crippen LogP contribution is -2.25. The molecule has 0 aromatic carbocycles. The number of hydrogen-bond donors (Lipinski definition) is 1. The molecule has 6 nitrogen and oxygen atoms in total. The lowest BCUT2D eigenvalue weighted by Gasteiger charge is -2.02. The van der Waals surface area contributed by atoms with Crippen molar-refractivity contribution in [2.75, 3.05) is 19.7 Å². The SMILES string of the molecule is CCOC(=O)NCCCN=[N+]=[N-]. The van der Waals surface area contributed by atoms with Crippen molar-refractivity contribution in [2.24, 2.45) is 5.11 Å². The monoisotopic (exact) mass is 172 g/mol. The van der Waals surface area contributed by atoms with Crippen LogP contribution in [0.15, 0.2) is 5.11 Å². The largest absolute Gasteiger partial charge is 0.450 e. The number of ether oxygens (including phenoxy) is 1. The van der Waals surface area contributed by atoms with E-state index in [1.807, 2.05) is 0 Å². The van der Waals surface area contributed by atoms with Crippen LogP contribution in [0.3, 0.4) is 0 Å². The number of hydrogen-bond acceptors (Lipinski definition) is 3. The van der Waals surface area contributed by atoms with Gasteiger partial charge in [-0.15, -0.1) is 0 Å². The number of carbonyl (C=O) groups is 1. The van der Waals surface area contributed by atoms with E-state index < -0.39 is 6.09 Å². The van der Waals surface area contributed by atoms with E-state index in [2.05, 4.69) is 20.1 Å². The average Bonchev–Trinajstić information content (AvgIpc) is 2.05. The summed E-state index contributed by atoms with van der Waals surface area (Å²) in [4.78, 5) is 13.2. The molecule has 0 fully saturated rings. The van der Waals surface area contributed by atoms with E-state index in [1.165, 1.54) is 0 Å². The Kier molecular flexibility index (Phi) is 6.78. The Morgan fingerprint density at radius 3 is 3.08 bits per heavy atom. The lowest BCUT2D eigenvalue weighted by molar-refractivity contribution is 0.152. The van der Waals surface area contributed by atoms with Gasteiger partial charge in [-0.3, -0.25) is 0 Å². The fourth-order valence-corrected chi connectivity index (χ4v) is 0.567. The van der Waals surface area contributed by atoms with E-state index >= 15 is 0 Å². The van der Waals surface area contributed by atoms with Gasteiger partial charge in [0.15, 0.2) is 0 Å². The summed E-state index contributed by atoms with van der Waals surface area (Å²) in [5.74, 6) is 0. The van der Waals surface area contributed by atoms with Crippen molar-refractivity contribution >= 4 is 6.09 Å². The molecule has 0 spiro atoms. The number of nitrogens with zero attached hydrogens (tertiary/aromatic N) is 3. The Morgan fingerprint density at radius 1 is 1.75 bits per heavy atom. The summed E-state index contributed by atoms with van der Waals surface area (Å²) in [7, 11) is 0. The van der Waals surface area contributed by atoms with E-state index in [0.29, 0.717) is 26.1 Å². The van der Waals surface area contributed by atoms with Gasteiger partial charge < -0.3 is 10.1 Å². The fraction of sp³-hybridized carbons (Fsp3) is 0.833. The number of rotatable bonds is 5. The fourth-order valence-electron chi connectivity index (χ4n) is 0.567. The van der Waals surface area contributed by atoms with E-state index in [1.54, 1.807) is 6.92 Å². The van der Waals surface area contributed by atoms with Gasteiger partial charge in [0.2, 0.25) is 0 Å². The molecule has 68 valence electrons. The summed E-state index contributed by atoms with van der Waals surface area (Å²) in [6, 6.07) is 0. The number of alkyl carbamates (subject to hydrolysis) is 1. The molecule has 0 aromatic rings. The molecule has 1 N–H and O–H groups in total. The van der Waals surface area contributed by atoms with Crippen LogP contribution in [-0.4, -0.2) is 25.8 Å². The van der Waals surface area contributed by atoms with Crippen LogP contribution in [0.5, 0.6) is 0 Å². The molecule has 1 amide bonds. The quantitative estimate of drug-likeness (QED) is 0.294. The van der Waals surface area contributed by atoms with Crippen molar-refractivity contribution in [3.8, 4) is 0 Å². The molecular formula is C6H12N4O2. The molecule has 6 heteroatoms. The third kappa shape index (κ3) is 6.70. The van der Waals surface area contributed by atoms with Crippen LogP contribution >= 0.6 is 0 Å². The van der Waals surface area contributed by atoms with Crippen LogP contribution in [0, 0.1) is 0 Å². The highest BCUT2D eigenvalue weighted by Gasteiger charge is 1.96. The van der Waals surface area contributed by atoms with Crippen molar-refractivity contribution in [3.05, 3.63) is 10.4 Å². The van der Waals surface area contributed by atoms with Crippen molar-refractivity contribution in [1.82, 2.24) is 5.32 Å². The second-order valence-corrected chi connectivity index (χ2v) is 1.96. The third-order valence-electron chi connectivity index (χ3n) is 1.04. The molecular weight excluding hydrogens is 160 g/mol. The molecule has 0 aromatic heterocycles. The maximum absolute atomic E-state index is 10.6. The molecule has 0 saturated carbocycles. The van der Waals surface area contributed by atoms with Gasteiger partial charge in [0.25, 0.3) is 0 Å². The minimum absolute atomic E-state index is 0.363. The van der Waals surface area contributed by atoms with Gasteiger partial charge in [0.1, 0.15) is 0 Å². The Labute approximate surface area is 70.5 Å². The van der Waals surface area contributed by atoms with Crippen molar-refractivity contribution in [2.45, 2.75) is 13.3 Å². The van der Waals surface area contributed by atoms with Crippen molar-refractivity contribution in [1.29, 1.82) is 0 Å². The minimum atomic E-state index is -0.432. The zero-order valence-corrected chi connectivity index (χ0v) is 6.99. The first-order valence-electron chi connectivity index (χ1n) is 3.72. The average molecular weight is 172 g/mol. The topological polar surface area (TPSA) is 87.1 Å². The Balaban J connectivity index is 3.19. The zero-order valence-electron chi connectivity index (χ0n) is 6.99. The van der Waals surface area contributed by atoms with E-state index in [-0.39, 0.29) is 0 Å². The van der Waals surface area contributed by atoms with Crippen LogP contribution < -0.4 is 5.32 Å². The predicted molar refractivity (Wildman–Crippen MR) is 43.7 cm³/mol. The maximum Gasteiger partial charge on any atom is 0.407 e. The smallest absolute Gasteiger partial charge is 0.407 e. The second kappa shape index (κ2) is 7.68. The highest BCUT2D eigenvalue weighted by molar-refractivity contribution is 5.66. The summed E-state index contributed by atoms with van der Waals surface area (Å²) in [6.45, 7) is 2.96. The maximum atomic E-state index is 10.6. The van der Waals surface area contributed by atoms with Crippen molar-refractivity contribution in [3.63, 3.8) is 0 Å². The minimum Gasteiger partial charge on any atom is -0.450 e. The second-order valence-electron chi connectivity index (χ2n) is 1.96. The molecule has 0 unspecified atom stereocenters. The molecule has 0 aliphatic rings. The summed E-state index contributed by atoms with van der Waals surface area (Å²) in [5.41, 5.74) is 7.91. The normalized spacial score (nSPS) is 8.42. The molecule has 0 saturated heterocycles. The molecule has 12 heavy (non-hydrogen) atoms. The molecule has 0 heterocycles. The van der Waals surface area contributed by atoms with E-state index in [0.717, 1.165) is 0 Å². The van der Waals surface area contributed by atoms with Gasteiger partial charge in [-0.2, -0.15) is 0 Å². The highest BCUT2D eigenvalue weighted by atomic mass is 16.5. The van der Waals surface area contributed by atoms with Crippen LogP contribution in [0.4, 0.5) is 4.79 Å². The molecule has 0 aliphatic heterocycles. The predicted octanol–water partition coefficient (Wildman–Crippen LogP) is 1.43. The number of azide groups is 1. The van der Waals surface area contributed by atoms with Crippen LogP contribution in [-0.2, 0) is 4.74 Å². The first kappa shape index (κ1) is 10.6. The number of amides is 1. The summed E-state index contributed by atoms with van der Waals surface area (Å²) >= 11 is 0. The Hall–Kier alpha value is -1.42. The third-order valence-corrected chi connectivity index (χ3v) is 1.04. The van der Waals surface area contributed by atoms with Gasteiger partial charge in [-0.05, 0) is 18.9 Å². The Morgan fingerprint density at radius 2 is 2.50 bits per heavy atom. The highest BCUT2D eigenvalue weighted by Crippen LogP contribution is 1.81. The van der Waals surface area contributed by atoms with Gasteiger partial charge >= 0.3 is 6.09 Å². The van der Waals surface area contributed by atoms with Gasteiger partial charge in [-0.25, -0.2) is 4.79 Å².